The van der Waals surface area contributed by atoms with Crippen molar-refractivity contribution in [1.29, 1.82) is 0 Å². The molecule has 0 aliphatic heterocycles. The Balaban J connectivity index is 2.33. The molecule has 4 heteroatoms. The number of methoxy groups -OCH3 is 1. The van der Waals surface area contributed by atoms with E-state index >= 15 is 0 Å². The van der Waals surface area contributed by atoms with Crippen LogP contribution in [0.1, 0.15) is 24.5 Å². The summed E-state index contributed by atoms with van der Waals surface area (Å²) in [6.07, 6.45) is 0.519. The molecule has 1 amide bonds. The van der Waals surface area contributed by atoms with E-state index in [1.807, 2.05) is 31.2 Å². The first kappa shape index (κ1) is 14.7. The monoisotopic (exact) mass is 250 g/mol. The molecule has 18 heavy (non-hydrogen) atoms. The van der Waals surface area contributed by atoms with E-state index in [-0.39, 0.29) is 5.91 Å². The van der Waals surface area contributed by atoms with Gasteiger partial charge in [-0.15, -0.1) is 0 Å². The Morgan fingerprint density at radius 3 is 2.83 bits per heavy atom. The van der Waals surface area contributed by atoms with Gasteiger partial charge in [0.1, 0.15) is 0 Å². The fraction of sp³-hybridized carbons (Fsp3) is 0.500. The van der Waals surface area contributed by atoms with Crippen molar-refractivity contribution in [2.45, 2.75) is 26.5 Å². The van der Waals surface area contributed by atoms with Crippen molar-refractivity contribution in [3.8, 4) is 0 Å². The molecule has 0 saturated carbocycles. The maximum Gasteiger partial charge on any atom is 0.221 e. The van der Waals surface area contributed by atoms with Gasteiger partial charge in [0.15, 0.2) is 0 Å². The fourth-order valence-electron chi connectivity index (χ4n) is 1.66. The number of rotatable bonds is 8. The highest BCUT2D eigenvalue weighted by Crippen LogP contribution is 2.06. The summed E-state index contributed by atoms with van der Waals surface area (Å²) in [4.78, 5) is 11.5. The Labute approximate surface area is 109 Å². The average Bonchev–Trinajstić information content (AvgIpc) is 2.38. The highest BCUT2D eigenvalue weighted by molar-refractivity contribution is 5.76. The fourth-order valence-corrected chi connectivity index (χ4v) is 1.66. The minimum absolute atomic E-state index is 0.0769. The molecule has 100 valence electrons. The molecule has 1 rings (SSSR count). The Morgan fingerprint density at radius 2 is 2.11 bits per heavy atom. The second kappa shape index (κ2) is 8.66. The number of carbonyl (C=O) groups is 1. The van der Waals surface area contributed by atoms with Crippen molar-refractivity contribution in [1.82, 2.24) is 10.6 Å². The lowest BCUT2D eigenvalue weighted by molar-refractivity contribution is -0.121. The largest absolute Gasteiger partial charge is 0.380 e. The molecular weight excluding hydrogens is 228 g/mol. The van der Waals surface area contributed by atoms with Gasteiger partial charge in [-0.1, -0.05) is 31.2 Å². The third-order valence-corrected chi connectivity index (χ3v) is 2.57. The molecule has 4 nitrogen and oxygen atoms in total. The van der Waals surface area contributed by atoms with E-state index in [1.54, 1.807) is 7.11 Å². The van der Waals surface area contributed by atoms with Crippen molar-refractivity contribution in [2.75, 3.05) is 20.2 Å². The Bertz CT molecular complexity index is 367. The van der Waals surface area contributed by atoms with Crippen LogP contribution in [0.5, 0.6) is 0 Å². The molecule has 0 bridgehead atoms. The summed E-state index contributed by atoms with van der Waals surface area (Å²) >= 11 is 0. The zero-order valence-corrected chi connectivity index (χ0v) is 11.2. The van der Waals surface area contributed by atoms with E-state index in [1.165, 1.54) is 0 Å². The van der Waals surface area contributed by atoms with Gasteiger partial charge in [0.2, 0.25) is 5.91 Å². The SMILES string of the molecule is CCNCCC(=O)NCc1cccc(COC)c1. The minimum Gasteiger partial charge on any atom is -0.380 e. The second-order valence-electron chi connectivity index (χ2n) is 4.13. The molecule has 0 aromatic heterocycles. The van der Waals surface area contributed by atoms with Crippen LogP contribution in [-0.4, -0.2) is 26.1 Å². The Kier molecular flexibility index (Phi) is 7.06. The van der Waals surface area contributed by atoms with Gasteiger partial charge in [-0.3, -0.25) is 4.79 Å². The van der Waals surface area contributed by atoms with Crippen molar-refractivity contribution < 1.29 is 9.53 Å². The first-order valence-corrected chi connectivity index (χ1v) is 6.30. The first-order valence-electron chi connectivity index (χ1n) is 6.30. The third kappa shape index (κ3) is 5.80. The molecule has 0 fully saturated rings. The van der Waals surface area contributed by atoms with Crippen molar-refractivity contribution in [2.24, 2.45) is 0 Å². The lowest BCUT2D eigenvalue weighted by atomic mass is 10.1. The predicted molar refractivity (Wildman–Crippen MR) is 72.2 cm³/mol. The van der Waals surface area contributed by atoms with Crippen molar-refractivity contribution >= 4 is 5.91 Å². The Hall–Kier alpha value is -1.39. The van der Waals surface area contributed by atoms with Gasteiger partial charge in [-0.25, -0.2) is 0 Å². The van der Waals surface area contributed by atoms with Gasteiger partial charge in [-0.05, 0) is 17.7 Å². The summed E-state index contributed by atoms with van der Waals surface area (Å²) in [5.74, 6) is 0.0769. The van der Waals surface area contributed by atoms with Crippen LogP contribution in [0.25, 0.3) is 0 Å². The van der Waals surface area contributed by atoms with E-state index in [0.717, 1.165) is 24.2 Å². The highest BCUT2D eigenvalue weighted by Gasteiger charge is 2.01. The van der Waals surface area contributed by atoms with Crippen LogP contribution in [0.15, 0.2) is 24.3 Å². The highest BCUT2D eigenvalue weighted by atomic mass is 16.5. The minimum atomic E-state index is 0.0769. The summed E-state index contributed by atoms with van der Waals surface area (Å²) in [6, 6.07) is 8.05. The number of hydrogen-bond donors (Lipinski definition) is 2. The number of ether oxygens (including phenoxy) is 1. The number of carbonyl (C=O) groups excluding carboxylic acids is 1. The van der Waals surface area contributed by atoms with E-state index < -0.39 is 0 Å². The lowest BCUT2D eigenvalue weighted by Gasteiger charge is -2.07. The second-order valence-corrected chi connectivity index (χ2v) is 4.13. The zero-order valence-electron chi connectivity index (χ0n) is 11.2. The molecule has 0 spiro atoms. The van der Waals surface area contributed by atoms with Crippen LogP contribution in [0.4, 0.5) is 0 Å². The van der Waals surface area contributed by atoms with Crippen molar-refractivity contribution in [3.05, 3.63) is 35.4 Å². The zero-order chi connectivity index (χ0) is 13.2. The lowest BCUT2D eigenvalue weighted by Crippen LogP contribution is -2.27. The van der Waals surface area contributed by atoms with Gasteiger partial charge < -0.3 is 15.4 Å². The molecule has 1 aromatic rings. The van der Waals surface area contributed by atoms with Gasteiger partial charge in [0, 0.05) is 26.6 Å². The maximum absolute atomic E-state index is 11.5. The van der Waals surface area contributed by atoms with Gasteiger partial charge in [0.05, 0.1) is 6.61 Å². The van der Waals surface area contributed by atoms with Crippen LogP contribution in [0, 0.1) is 0 Å². The standard InChI is InChI=1S/C14H22N2O2/c1-3-15-8-7-14(17)16-10-12-5-4-6-13(9-12)11-18-2/h4-6,9,15H,3,7-8,10-11H2,1-2H3,(H,16,17). The molecule has 0 aliphatic rings. The molecule has 0 saturated heterocycles. The van der Waals surface area contributed by atoms with Crippen LogP contribution >= 0.6 is 0 Å². The van der Waals surface area contributed by atoms with E-state index in [4.69, 9.17) is 4.74 Å². The van der Waals surface area contributed by atoms with E-state index in [0.29, 0.717) is 19.6 Å². The van der Waals surface area contributed by atoms with Crippen molar-refractivity contribution in [3.63, 3.8) is 0 Å². The summed E-state index contributed by atoms with van der Waals surface area (Å²) in [5.41, 5.74) is 2.22. The smallest absolute Gasteiger partial charge is 0.221 e. The van der Waals surface area contributed by atoms with Crippen LogP contribution < -0.4 is 10.6 Å². The maximum atomic E-state index is 11.5. The summed E-state index contributed by atoms with van der Waals surface area (Å²) in [7, 11) is 1.68. The number of nitrogens with one attached hydrogen (secondary N) is 2. The predicted octanol–water partition coefficient (Wildman–Crippen LogP) is 1.45. The quantitative estimate of drug-likeness (QED) is 0.687. The molecule has 0 aliphatic carbocycles. The van der Waals surface area contributed by atoms with Gasteiger partial charge >= 0.3 is 0 Å². The molecule has 2 N–H and O–H groups in total. The van der Waals surface area contributed by atoms with Crippen LogP contribution in [0.2, 0.25) is 0 Å². The molecule has 0 radical (unpaired) electrons. The van der Waals surface area contributed by atoms with Crippen LogP contribution in [0.3, 0.4) is 0 Å². The normalized spacial score (nSPS) is 10.3. The third-order valence-electron chi connectivity index (χ3n) is 2.57. The summed E-state index contributed by atoms with van der Waals surface area (Å²) in [5, 5.41) is 6.03. The molecule has 0 unspecified atom stereocenters. The number of amides is 1. The van der Waals surface area contributed by atoms with Gasteiger partial charge in [0.25, 0.3) is 0 Å². The number of benzene rings is 1. The summed E-state index contributed by atoms with van der Waals surface area (Å²) in [6.45, 7) is 4.82. The average molecular weight is 250 g/mol. The first-order chi connectivity index (χ1) is 8.76. The molecule has 1 aromatic carbocycles. The summed E-state index contributed by atoms with van der Waals surface area (Å²) < 4.78 is 5.08. The van der Waals surface area contributed by atoms with Crippen LogP contribution in [-0.2, 0) is 22.7 Å². The van der Waals surface area contributed by atoms with Gasteiger partial charge in [-0.2, -0.15) is 0 Å². The molecule has 0 atom stereocenters. The Morgan fingerprint density at radius 1 is 1.33 bits per heavy atom. The topological polar surface area (TPSA) is 50.4 Å². The molecule has 0 heterocycles. The number of hydrogen-bond acceptors (Lipinski definition) is 3. The molecular formula is C14H22N2O2. The van der Waals surface area contributed by atoms with E-state index in [2.05, 4.69) is 10.6 Å². The van der Waals surface area contributed by atoms with E-state index in [9.17, 15) is 4.79 Å².